The van der Waals surface area contributed by atoms with Gasteiger partial charge >= 0.3 is 23.9 Å². The average Bonchev–Trinajstić information content (AvgIpc) is 2.92. The van der Waals surface area contributed by atoms with Gasteiger partial charge in [0, 0.05) is 13.8 Å². The highest BCUT2D eigenvalue weighted by Gasteiger charge is 2.44. The van der Waals surface area contributed by atoms with Gasteiger partial charge in [0.2, 0.25) is 8.77 Å². The van der Waals surface area contributed by atoms with Crippen molar-refractivity contribution < 1.29 is 47.6 Å². The SMILES string of the molecule is CCOC(=S)SC(C)(C)C(CC(C)(C)C(C)C(=O)OCCOC(=O)C(C)C(C)(C)CC(OC(C)=O)C(C)(C)SC(=S)OCC)OC(C)=O. The predicted molar refractivity (Wildman–Crippen MR) is 200 cm³/mol. The van der Waals surface area contributed by atoms with Crippen molar-refractivity contribution in [2.75, 3.05) is 26.4 Å². The molecule has 4 unspecified atom stereocenters. The number of thiocarbonyl (C=S) groups is 2. The normalized spacial score (nSPS) is 14.9. The standard InChI is InChI=1S/C34H58O10S4/c1-15-39-29(45)47-33(11,12)25(43-23(5)35)19-31(7,8)21(3)27(37)41-17-18-42-28(38)22(4)32(9,10)20-26(44-24(6)36)34(13,14)48-30(46)40-16-2/h21-22,25-26H,15-20H2,1-14H3. The highest BCUT2D eigenvalue weighted by molar-refractivity contribution is 8.23. The second kappa shape index (κ2) is 20.3. The second-order valence-electron chi connectivity index (χ2n) is 14.1. The van der Waals surface area contributed by atoms with Gasteiger partial charge in [-0.1, -0.05) is 65.1 Å². The van der Waals surface area contributed by atoms with Crippen molar-refractivity contribution in [1.29, 1.82) is 0 Å². The van der Waals surface area contributed by atoms with Crippen LogP contribution in [-0.2, 0) is 47.6 Å². The van der Waals surface area contributed by atoms with Crippen molar-refractivity contribution in [3.05, 3.63) is 0 Å². The van der Waals surface area contributed by atoms with E-state index in [1.165, 1.54) is 37.4 Å². The lowest BCUT2D eigenvalue weighted by Gasteiger charge is -2.39. The third kappa shape index (κ3) is 16.4. The van der Waals surface area contributed by atoms with E-state index in [9.17, 15) is 19.2 Å². The molecule has 0 rings (SSSR count). The van der Waals surface area contributed by atoms with Crippen molar-refractivity contribution in [2.45, 2.75) is 131 Å². The molecule has 0 aromatic heterocycles. The minimum Gasteiger partial charge on any atom is -0.479 e. The molecule has 10 nitrogen and oxygen atoms in total. The monoisotopic (exact) mass is 754 g/mol. The summed E-state index contributed by atoms with van der Waals surface area (Å²) in [5.41, 5.74) is -1.26. The Kier molecular flexibility index (Phi) is 19.6. The minimum atomic E-state index is -0.631. The van der Waals surface area contributed by atoms with E-state index in [0.717, 1.165) is 0 Å². The van der Waals surface area contributed by atoms with E-state index in [2.05, 4.69) is 0 Å². The molecule has 0 saturated carbocycles. The Morgan fingerprint density at radius 1 is 0.583 bits per heavy atom. The van der Waals surface area contributed by atoms with Crippen LogP contribution in [0.25, 0.3) is 0 Å². The van der Waals surface area contributed by atoms with Gasteiger partial charge in [0.15, 0.2) is 0 Å². The number of carbonyl (C=O) groups excluding carboxylic acids is 4. The lowest BCUT2D eigenvalue weighted by Crippen LogP contribution is -2.44. The molecule has 0 fully saturated rings. The Balaban J connectivity index is 5.36. The number of hydrogen-bond donors (Lipinski definition) is 0. The van der Waals surface area contributed by atoms with Crippen molar-refractivity contribution in [1.82, 2.24) is 0 Å². The molecule has 0 bridgehead atoms. The average molecular weight is 755 g/mol. The molecule has 0 aromatic rings. The van der Waals surface area contributed by atoms with E-state index in [0.29, 0.717) is 34.8 Å². The van der Waals surface area contributed by atoms with Crippen LogP contribution >= 0.6 is 48.0 Å². The van der Waals surface area contributed by atoms with Crippen LogP contribution in [0.15, 0.2) is 0 Å². The van der Waals surface area contributed by atoms with E-state index in [1.807, 2.05) is 69.2 Å². The van der Waals surface area contributed by atoms with Crippen molar-refractivity contribution >= 4 is 80.6 Å². The maximum Gasteiger partial charge on any atom is 0.309 e. The summed E-state index contributed by atoms with van der Waals surface area (Å²) in [4.78, 5) is 50.1. The van der Waals surface area contributed by atoms with Crippen LogP contribution in [0.1, 0.15) is 110 Å². The fourth-order valence-electron chi connectivity index (χ4n) is 4.60. The Hall–Kier alpha value is -1.64. The fraction of sp³-hybridized carbons (Fsp3) is 0.824. The second-order valence-corrected chi connectivity index (χ2v) is 18.6. The molecule has 0 aromatic carbocycles. The molecule has 48 heavy (non-hydrogen) atoms. The van der Waals surface area contributed by atoms with Gasteiger partial charge in [-0.3, -0.25) is 19.2 Å². The molecule has 0 radical (unpaired) electrons. The first-order valence-electron chi connectivity index (χ1n) is 16.2. The minimum absolute atomic E-state index is 0.121. The van der Waals surface area contributed by atoms with Crippen LogP contribution in [0.3, 0.4) is 0 Å². The third-order valence-electron chi connectivity index (χ3n) is 8.43. The quantitative estimate of drug-likeness (QED) is 0.0554. The van der Waals surface area contributed by atoms with Crippen LogP contribution < -0.4 is 0 Å². The summed E-state index contributed by atoms with van der Waals surface area (Å²) in [6.45, 7) is 25.8. The van der Waals surface area contributed by atoms with Crippen LogP contribution in [-0.4, -0.2) is 80.8 Å². The highest BCUT2D eigenvalue weighted by Crippen LogP contribution is 2.43. The zero-order chi connectivity index (χ0) is 37.7. The fourth-order valence-corrected chi connectivity index (χ4v) is 7.86. The molecule has 0 aliphatic heterocycles. The smallest absolute Gasteiger partial charge is 0.309 e. The lowest BCUT2D eigenvalue weighted by atomic mass is 9.74. The lowest BCUT2D eigenvalue weighted by molar-refractivity contribution is -0.163. The van der Waals surface area contributed by atoms with E-state index >= 15 is 0 Å². The Morgan fingerprint density at radius 2 is 0.875 bits per heavy atom. The number of esters is 4. The molecule has 0 heterocycles. The van der Waals surface area contributed by atoms with Gasteiger partial charge in [0.1, 0.15) is 25.4 Å². The van der Waals surface area contributed by atoms with Gasteiger partial charge in [-0.25, -0.2) is 0 Å². The summed E-state index contributed by atoms with van der Waals surface area (Å²) in [5.74, 6) is -2.93. The van der Waals surface area contributed by atoms with Gasteiger partial charge in [-0.05, 0) is 89.6 Å². The molecule has 14 heteroatoms. The molecule has 0 amide bonds. The molecule has 0 N–H and O–H groups in total. The molecule has 0 aliphatic rings. The number of rotatable bonds is 19. The summed E-state index contributed by atoms with van der Waals surface area (Å²) in [6, 6.07) is 0. The topological polar surface area (TPSA) is 124 Å². The summed E-state index contributed by atoms with van der Waals surface area (Å²) < 4.78 is 32.7. The van der Waals surface area contributed by atoms with Gasteiger partial charge in [-0.2, -0.15) is 0 Å². The maximum absolute atomic E-state index is 13.1. The van der Waals surface area contributed by atoms with Crippen molar-refractivity contribution in [3.63, 3.8) is 0 Å². The first-order chi connectivity index (χ1) is 21.8. The first kappa shape index (κ1) is 46.4. The zero-order valence-electron chi connectivity index (χ0n) is 31.3. The van der Waals surface area contributed by atoms with Gasteiger partial charge in [0.25, 0.3) is 0 Å². The van der Waals surface area contributed by atoms with E-state index in [-0.39, 0.29) is 13.2 Å². The number of thioether (sulfide) groups is 2. The molecule has 0 aliphatic carbocycles. The number of ether oxygens (including phenoxy) is 6. The van der Waals surface area contributed by atoms with Gasteiger partial charge in [-0.15, -0.1) is 0 Å². The molecule has 4 atom stereocenters. The molecule has 0 spiro atoms. The van der Waals surface area contributed by atoms with Crippen molar-refractivity contribution in [3.8, 4) is 0 Å². The number of hydrogen-bond acceptors (Lipinski definition) is 14. The molecular formula is C34H58O10S4. The maximum atomic E-state index is 13.1. The van der Waals surface area contributed by atoms with E-state index in [1.54, 1.807) is 13.8 Å². The zero-order valence-corrected chi connectivity index (χ0v) is 34.5. The summed E-state index contributed by atoms with van der Waals surface area (Å²) >= 11 is 13.2. The molecule has 0 saturated heterocycles. The van der Waals surface area contributed by atoms with Crippen LogP contribution in [0.4, 0.5) is 0 Å². The highest BCUT2D eigenvalue weighted by atomic mass is 32.2. The molecule has 278 valence electrons. The van der Waals surface area contributed by atoms with Gasteiger partial charge < -0.3 is 28.4 Å². The van der Waals surface area contributed by atoms with Crippen LogP contribution in [0.2, 0.25) is 0 Å². The van der Waals surface area contributed by atoms with E-state index in [4.69, 9.17) is 52.9 Å². The third-order valence-corrected chi connectivity index (χ3v) is 11.3. The first-order valence-corrected chi connectivity index (χ1v) is 18.7. The number of carbonyl (C=O) groups is 4. The molecular weight excluding hydrogens is 697 g/mol. The van der Waals surface area contributed by atoms with Crippen molar-refractivity contribution in [2.24, 2.45) is 22.7 Å². The Bertz CT molecular complexity index is 1030. The Labute approximate surface area is 307 Å². The summed E-state index contributed by atoms with van der Waals surface area (Å²) in [5, 5.41) is 0. The predicted octanol–water partition coefficient (Wildman–Crippen LogP) is 7.71. The van der Waals surface area contributed by atoms with Gasteiger partial charge in [0.05, 0.1) is 34.5 Å². The Morgan fingerprint density at radius 3 is 1.12 bits per heavy atom. The summed E-state index contributed by atoms with van der Waals surface area (Å²) in [6.07, 6.45) is -0.416. The largest absolute Gasteiger partial charge is 0.479 e. The van der Waals surface area contributed by atoms with Crippen LogP contribution in [0.5, 0.6) is 0 Å². The van der Waals surface area contributed by atoms with Crippen LogP contribution in [0, 0.1) is 22.7 Å². The van der Waals surface area contributed by atoms with E-state index < -0.39 is 68.2 Å². The summed E-state index contributed by atoms with van der Waals surface area (Å²) in [7, 11) is 0.